The SMILES string of the molecule is CCn1nc(C)c(NC(=O)CN2CCC[C@H]2C(=O)N2CCOCC2)c1C. The number of ether oxygens (including phenoxy) is 1. The third-order valence-corrected chi connectivity index (χ3v) is 5.26. The van der Waals surface area contributed by atoms with E-state index in [0.29, 0.717) is 26.3 Å². The normalized spacial score (nSPS) is 21.2. The monoisotopic (exact) mass is 363 g/mol. The molecule has 8 heteroatoms. The quantitative estimate of drug-likeness (QED) is 0.836. The van der Waals surface area contributed by atoms with Crippen molar-refractivity contribution in [2.75, 3.05) is 44.7 Å². The maximum atomic E-state index is 12.8. The van der Waals surface area contributed by atoms with Crippen molar-refractivity contribution in [3.8, 4) is 0 Å². The second kappa shape index (κ2) is 8.18. The summed E-state index contributed by atoms with van der Waals surface area (Å²) in [6, 6.07) is -0.195. The molecule has 0 unspecified atom stereocenters. The molecule has 2 aliphatic heterocycles. The molecule has 2 amide bonds. The number of hydrogen-bond donors (Lipinski definition) is 1. The summed E-state index contributed by atoms with van der Waals surface area (Å²) in [5.41, 5.74) is 2.56. The number of aryl methyl sites for hydroxylation is 2. The molecule has 0 saturated carbocycles. The number of carbonyl (C=O) groups excluding carboxylic acids is 2. The number of carbonyl (C=O) groups is 2. The van der Waals surface area contributed by atoms with Crippen molar-refractivity contribution < 1.29 is 14.3 Å². The van der Waals surface area contributed by atoms with E-state index in [2.05, 4.69) is 10.4 Å². The number of aromatic nitrogens is 2. The highest BCUT2D eigenvalue weighted by Crippen LogP contribution is 2.22. The van der Waals surface area contributed by atoms with Gasteiger partial charge in [-0.2, -0.15) is 5.10 Å². The van der Waals surface area contributed by atoms with Gasteiger partial charge in [-0.1, -0.05) is 0 Å². The highest BCUT2D eigenvalue weighted by molar-refractivity contribution is 5.94. The fraction of sp³-hybridized carbons (Fsp3) is 0.722. The van der Waals surface area contributed by atoms with Crippen LogP contribution in [0.25, 0.3) is 0 Å². The van der Waals surface area contributed by atoms with E-state index < -0.39 is 0 Å². The number of anilines is 1. The Morgan fingerprint density at radius 1 is 1.23 bits per heavy atom. The molecule has 26 heavy (non-hydrogen) atoms. The van der Waals surface area contributed by atoms with Crippen molar-refractivity contribution in [3.63, 3.8) is 0 Å². The lowest BCUT2D eigenvalue weighted by Gasteiger charge is -2.32. The van der Waals surface area contributed by atoms with Crippen LogP contribution in [-0.2, 0) is 20.9 Å². The zero-order valence-corrected chi connectivity index (χ0v) is 16.0. The number of amides is 2. The van der Waals surface area contributed by atoms with Crippen LogP contribution >= 0.6 is 0 Å². The van der Waals surface area contributed by atoms with Gasteiger partial charge in [-0.3, -0.25) is 19.2 Å². The van der Waals surface area contributed by atoms with Gasteiger partial charge in [-0.25, -0.2) is 0 Å². The standard InChI is InChI=1S/C18H29N5O3/c1-4-23-14(3)17(13(2)20-23)19-16(24)12-22-7-5-6-15(22)18(25)21-8-10-26-11-9-21/h15H,4-12H2,1-3H3,(H,19,24)/t15-/m0/s1. The second-order valence-electron chi connectivity index (χ2n) is 6.98. The molecule has 2 aliphatic rings. The molecule has 2 saturated heterocycles. The first kappa shape index (κ1) is 18.8. The van der Waals surface area contributed by atoms with Crippen LogP contribution in [0.1, 0.15) is 31.2 Å². The van der Waals surface area contributed by atoms with Gasteiger partial charge >= 0.3 is 0 Å². The number of rotatable bonds is 5. The number of nitrogens with zero attached hydrogens (tertiary/aromatic N) is 4. The van der Waals surface area contributed by atoms with Gasteiger partial charge in [-0.15, -0.1) is 0 Å². The summed E-state index contributed by atoms with van der Waals surface area (Å²) >= 11 is 0. The van der Waals surface area contributed by atoms with E-state index in [9.17, 15) is 9.59 Å². The molecule has 144 valence electrons. The molecule has 3 rings (SSSR count). The van der Waals surface area contributed by atoms with Crippen molar-refractivity contribution in [1.29, 1.82) is 0 Å². The molecule has 1 aromatic rings. The fourth-order valence-electron chi connectivity index (χ4n) is 3.84. The number of likely N-dealkylation sites (tertiary alicyclic amines) is 1. The van der Waals surface area contributed by atoms with E-state index >= 15 is 0 Å². The minimum atomic E-state index is -0.195. The molecule has 8 nitrogen and oxygen atoms in total. The highest BCUT2D eigenvalue weighted by Gasteiger charge is 2.35. The topological polar surface area (TPSA) is 79.7 Å². The Hall–Kier alpha value is -1.93. The number of nitrogens with one attached hydrogen (secondary N) is 1. The van der Waals surface area contributed by atoms with E-state index in [1.165, 1.54) is 0 Å². The van der Waals surface area contributed by atoms with Crippen LogP contribution in [0.5, 0.6) is 0 Å². The molecule has 1 atom stereocenters. The third-order valence-electron chi connectivity index (χ3n) is 5.26. The molecule has 3 heterocycles. The predicted octanol–water partition coefficient (Wildman–Crippen LogP) is 0.782. The van der Waals surface area contributed by atoms with Gasteiger partial charge in [0.2, 0.25) is 11.8 Å². The van der Waals surface area contributed by atoms with Gasteiger partial charge in [0.25, 0.3) is 0 Å². The minimum Gasteiger partial charge on any atom is -0.378 e. The van der Waals surface area contributed by atoms with Crippen LogP contribution in [0.4, 0.5) is 5.69 Å². The van der Waals surface area contributed by atoms with Gasteiger partial charge in [0.15, 0.2) is 0 Å². The summed E-state index contributed by atoms with van der Waals surface area (Å²) < 4.78 is 7.20. The average Bonchev–Trinajstić information content (AvgIpc) is 3.21. The van der Waals surface area contributed by atoms with E-state index in [1.54, 1.807) is 0 Å². The van der Waals surface area contributed by atoms with Crippen LogP contribution in [0, 0.1) is 13.8 Å². The second-order valence-corrected chi connectivity index (χ2v) is 6.98. The molecule has 0 aliphatic carbocycles. The first-order valence-corrected chi connectivity index (χ1v) is 9.45. The summed E-state index contributed by atoms with van der Waals surface area (Å²) in [4.78, 5) is 29.2. The van der Waals surface area contributed by atoms with Crippen LogP contribution < -0.4 is 5.32 Å². The zero-order valence-electron chi connectivity index (χ0n) is 16.0. The Kier molecular flexibility index (Phi) is 5.93. The lowest BCUT2D eigenvalue weighted by Crippen LogP contribution is -2.50. The largest absolute Gasteiger partial charge is 0.378 e. The molecule has 1 aromatic heterocycles. The first-order chi connectivity index (χ1) is 12.5. The van der Waals surface area contributed by atoms with Crippen molar-refractivity contribution in [1.82, 2.24) is 19.6 Å². The molecule has 0 aromatic carbocycles. The van der Waals surface area contributed by atoms with Gasteiger partial charge in [0.1, 0.15) is 0 Å². The van der Waals surface area contributed by atoms with E-state index in [0.717, 1.165) is 43.0 Å². The lowest BCUT2D eigenvalue weighted by atomic mass is 10.2. The van der Waals surface area contributed by atoms with E-state index in [4.69, 9.17) is 4.74 Å². The van der Waals surface area contributed by atoms with Gasteiger partial charge in [0, 0.05) is 19.6 Å². The average molecular weight is 363 g/mol. The van der Waals surface area contributed by atoms with Gasteiger partial charge in [-0.05, 0) is 40.2 Å². The Bertz CT molecular complexity index is 666. The van der Waals surface area contributed by atoms with Crippen molar-refractivity contribution in [2.45, 2.75) is 46.2 Å². The summed E-state index contributed by atoms with van der Waals surface area (Å²) in [6.07, 6.45) is 1.76. The molecular weight excluding hydrogens is 334 g/mol. The Morgan fingerprint density at radius 2 is 1.96 bits per heavy atom. The Morgan fingerprint density at radius 3 is 2.62 bits per heavy atom. The molecule has 0 spiro atoms. The van der Waals surface area contributed by atoms with E-state index in [-0.39, 0.29) is 24.4 Å². The van der Waals surface area contributed by atoms with Crippen LogP contribution in [-0.4, -0.2) is 76.8 Å². The van der Waals surface area contributed by atoms with Crippen LogP contribution in [0.15, 0.2) is 0 Å². The fourth-order valence-corrected chi connectivity index (χ4v) is 3.84. The highest BCUT2D eigenvalue weighted by atomic mass is 16.5. The smallest absolute Gasteiger partial charge is 0.240 e. The zero-order chi connectivity index (χ0) is 18.7. The summed E-state index contributed by atoms with van der Waals surface area (Å²) in [5.74, 6) is 0.0401. The predicted molar refractivity (Wildman–Crippen MR) is 98.0 cm³/mol. The minimum absolute atomic E-state index is 0.0893. The summed E-state index contributed by atoms with van der Waals surface area (Å²) in [5, 5.41) is 7.42. The molecule has 1 N–H and O–H groups in total. The molecule has 0 radical (unpaired) electrons. The molecular formula is C18H29N5O3. The lowest BCUT2D eigenvalue weighted by molar-refractivity contribution is -0.140. The molecule has 2 fully saturated rings. The Balaban J connectivity index is 1.61. The van der Waals surface area contributed by atoms with Crippen molar-refractivity contribution in [2.24, 2.45) is 0 Å². The maximum Gasteiger partial charge on any atom is 0.240 e. The molecule has 0 bridgehead atoms. The first-order valence-electron chi connectivity index (χ1n) is 9.45. The summed E-state index contributed by atoms with van der Waals surface area (Å²) in [7, 11) is 0. The van der Waals surface area contributed by atoms with E-state index in [1.807, 2.05) is 35.3 Å². The van der Waals surface area contributed by atoms with Crippen molar-refractivity contribution in [3.05, 3.63) is 11.4 Å². The third kappa shape index (κ3) is 3.91. The number of morpholine rings is 1. The van der Waals surface area contributed by atoms with Crippen LogP contribution in [0.3, 0.4) is 0 Å². The Labute approximate surface area is 154 Å². The van der Waals surface area contributed by atoms with Crippen LogP contribution in [0.2, 0.25) is 0 Å². The summed E-state index contributed by atoms with van der Waals surface area (Å²) in [6.45, 7) is 10.1. The maximum absolute atomic E-state index is 12.8. The number of hydrogen-bond acceptors (Lipinski definition) is 5. The van der Waals surface area contributed by atoms with Gasteiger partial charge < -0.3 is 15.0 Å². The van der Waals surface area contributed by atoms with Crippen molar-refractivity contribution >= 4 is 17.5 Å². The van der Waals surface area contributed by atoms with Gasteiger partial charge in [0.05, 0.1) is 42.9 Å².